The third kappa shape index (κ3) is 4.38. The van der Waals surface area contributed by atoms with Gasteiger partial charge >= 0.3 is 0 Å². The lowest BCUT2D eigenvalue weighted by Crippen LogP contribution is -2.42. The molecule has 2 atom stereocenters. The molecular formula is C18H28N2O3. The summed E-state index contributed by atoms with van der Waals surface area (Å²) in [6.07, 6.45) is 2.89. The molecule has 1 aliphatic rings. The molecule has 1 amide bonds. The van der Waals surface area contributed by atoms with Crippen LogP contribution in [-0.2, 0) is 4.79 Å². The van der Waals surface area contributed by atoms with Gasteiger partial charge in [0.25, 0.3) is 0 Å². The van der Waals surface area contributed by atoms with Gasteiger partial charge in [-0.05, 0) is 50.6 Å². The van der Waals surface area contributed by atoms with Crippen LogP contribution in [0, 0.1) is 5.92 Å². The highest BCUT2D eigenvalue weighted by atomic mass is 16.5. The molecule has 0 aliphatic carbocycles. The zero-order chi connectivity index (χ0) is 16.8. The zero-order valence-electron chi connectivity index (χ0n) is 14.6. The van der Waals surface area contributed by atoms with Crippen molar-refractivity contribution in [1.29, 1.82) is 0 Å². The van der Waals surface area contributed by atoms with Gasteiger partial charge in [-0.1, -0.05) is 13.0 Å². The number of methoxy groups -OCH3 is 2. The summed E-state index contributed by atoms with van der Waals surface area (Å²) in [6.45, 7) is 4.00. The van der Waals surface area contributed by atoms with Crippen LogP contribution < -0.4 is 14.8 Å². The molecule has 0 spiro atoms. The van der Waals surface area contributed by atoms with Crippen molar-refractivity contribution in [3.05, 3.63) is 23.8 Å². The minimum Gasteiger partial charge on any atom is -0.493 e. The molecule has 0 aromatic heterocycles. The molecular weight excluding hydrogens is 292 g/mol. The minimum atomic E-state index is -0.00506. The first-order valence-electron chi connectivity index (χ1n) is 8.29. The normalized spacial score (nSPS) is 19.9. The van der Waals surface area contributed by atoms with Gasteiger partial charge in [0.15, 0.2) is 11.5 Å². The first kappa shape index (κ1) is 17.6. The van der Waals surface area contributed by atoms with Crippen LogP contribution in [0.4, 0.5) is 0 Å². The van der Waals surface area contributed by atoms with Gasteiger partial charge in [-0.15, -0.1) is 0 Å². The highest BCUT2D eigenvalue weighted by Crippen LogP contribution is 2.31. The highest BCUT2D eigenvalue weighted by molar-refractivity contribution is 5.79. The number of benzene rings is 1. The largest absolute Gasteiger partial charge is 0.493 e. The predicted octanol–water partition coefficient (Wildman–Crippen LogP) is 2.61. The topological polar surface area (TPSA) is 50.8 Å². The van der Waals surface area contributed by atoms with Crippen molar-refractivity contribution in [2.24, 2.45) is 5.92 Å². The van der Waals surface area contributed by atoms with Crippen molar-refractivity contribution in [3.63, 3.8) is 0 Å². The fourth-order valence-electron chi connectivity index (χ4n) is 3.16. The lowest BCUT2D eigenvalue weighted by molar-refractivity contribution is -0.127. The number of nitrogens with one attached hydrogen (secondary N) is 1. The van der Waals surface area contributed by atoms with Crippen LogP contribution in [0.3, 0.4) is 0 Å². The first-order valence-corrected chi connectivity index (χ1v) is 8.29. The second-order valence-corrected chi connectivity index (χ2v) is 6.19. The van der Waals surface area contributed by atoms with Gasteiger partial charge in [0.05, 0.1) is 26.2 Å². The van der Waals surface area contributed by atoms with E-state index >= 15 is 0 Å². The van der Waals surface area contributed by atoms with Crippen LogP contribution in [0.5, 0.6) is 11.5 Å². The smallest absolute Gasteiger partial charge is 0.224 e. The van der Waals surface area contributed by atoms with E-state index in [1.54, 1.807) is 14.2 Å². The number of likely N-dealkylation sites (tertiary alicyclic amines) is 1. The lowest BCUT2D eigenvalue weighted by Gasteiger charge is -2.30. The maximum atomic E-state index is 12.6. The van der Waals surface area contributed by atoms with Gasteiger partial charge in [-0.25, -0.2) is 0 Å². The van der Waals surface area contributed by atoms with E-state index < -0.39 is 0 Å². The van der Waals surface area contributed by atoms with Gasteiger partial charge in [0.2, 0.25) is 5.91 Å². The van der Waals surface area contributed by atoms with Crippen molar-refractivity contribution in [1.82, 2.24) is 10.2 Å². The number of hydrogen-bond acceptors (Lipinski definition) is 4. The molecule has 1 aromatic rings. The molecule has 5 nitrogen and oxygen atoms in total. The van der Waals surface area contributed by atoms with E-state index in [9.17, 15) is 4.79 Å². The average Bonchev–Trinajstić information content (AvgIpc) is 2.58. The summed E-state index contributed by atoms with van der Waals surface area (Å²) in [7, 11) is 5.32. The molecule has 1 aromatic carbocycles. The van der Waals surface area contributed by atoms with Crippen LogP contribution in [0.15, 0.2) is 18.2 Å². The van der Waals surface area contributed by atoms with E-state index in [4.69, 9.17) is 9.47 Å². The van der Waals surface area contributed by atoms with Gasteiger partial charge in [0.1, 0.15) is 0 Å². The molecule has 1 saturated heterocycles. The van der Waals surface area contributed by atoms with Gasteiger partial charge < -0.3 is 19.7 Å². The molecule has 1 aliphatic heterocycles. The lowest BCUT2D eigenvalue weighted by atomic mass is 9.96. The molecule has 1 heterocycles. The van der Waals surface area contributed by atoms with E-state index in [2.05, 4.69) is 24.2 Å². The van der Waals surface area contributed by atoms with Crippen LogP contribution in [0.25, 0.3) is 0 Å². The Bertz CT molecular complexity index is 533. The van der Waals surface area contributed by atoms with Crippen molar-refractivity contribution >= 4 is 5.91 Å². The number of carbonyl (C=O) groups excluding carboxylic acids is 1. The van der Waals surface area contributed by atoms with Gasteiger partial charge in [-0.3, -0.25) is 4.79 Å². The Kier molecular flexibility index (Phi) is 6.28. The second kappa shape index (κ2) is 8.20. The number of hydrogen-bond donors (Lipinski definition) is 1. The number of carbonyl (C=O) groups is 1. The van der Waals surface area contributed by atoms with Crippen LogP contribution in [0.1, 0.15) is 37.8 Å². The van der Waals surface area contributed by atoms with Crippen LogP contribution in [0.2, 0.25) is 0 Å². The molecule has 0 saturated carbocycles. The Balaban J connectivity index is 2.08. The van der Waals surface area contributed by atoms with E-state index in [-0.39, 0.29) is 17.9 Å². The van der Waals surface area contributed by atoms with E-state index in [0.29, 0.717) is 11.5 Å². The summed E-state index contributed by atoms with van der Waals surface area (Å²) in [6, 6.07) is 5.81. The van der Waals surface area contributed by atoms with Crippen molar-refractivity contribution < 1.29 is 14.3 Å². The number of piperidine rings is 1. The molecule has 5 heteroatoms. The molecule has 2 rings (SSSR count). The Morgan fingerprint density at radius 3 is 2.70 bits per heavy atom. The highest BCUT2D eigenvalue weighted by Gasteiger charge is 2.26. The number of ether oxygens (including phenoxy) is 2. The Morgan fingerprint density at radius 2 is 2.09 bits per heavy atom. The van der Waals surface area contributed by atoms with E-state index in [1.165, 1.54) is 0 Å². The Hall–Kier alpha value is -1.75. The summed E-state index contributed by atoms with van der Waals surface area (Å²) in [5.74, 6) is 1.63. The summed E-state index contributed by atoms with van der Waals surface area (Å²) >= 11 is 0. The molecule has 1 N–H and O–H groups in total. The summed E-state index contributed by atoms with van der Waals surface area (Å²) in [4.78, 5) is 14.8. The first-order chi connectivity index (χ1) is 11.1. The average molecular weight is 320 g/mol. The van der Waals surface area contributed by atoms with Crippen LogP contribution in [-0.4, -0.2) is 45.2 Å². The quantitative estimate of drug-likeness (QED) is 0.875. The minimum absolute atomic E-state index is 0.00506. The van der Waals surface area contributed by atoms with Crippen molar-refractivity contribution in [2.75, 3.05) is 34.4 Å². The molecule has 1 fully saturated rings. The van der Waals surface area contributed by atoms with Crippen molar-refractivity contribution in [3.8, 4) is 11.5 Å². The zero-order valence-corrected chi connectivity index (χ0v) is 14.6. The molecule has 0 radical (unpaired) electrons. The SMILES string of the molecule is CC[C@@H](NC(=O)[C@@H]1CCCN(C)C1)c1ccc(OC)c(OC)c1. The number of nitrogens with zero attached hydrogens (tertiary/aromatic N) is 1. The predicted molar refractivity (Wildman–Crippen MR) is 90.9 cm³/mol. The molecule has 128 valence electrons. The monoisotopic (exact) mass is 320 g/mol. The second-order valence-electron chi connectivity index (χ2n) is 6.19. The third-order valence-electron chi connectivity index (χ3n) is 4.53. The van der Waals surface area contributed by atoms with Crippen LogP contribution >= 0.6 is 0 Å². The summed E-state index contributed by atoms with van der Waals surface area (Å²) in [5, 5.41) is 3.20. The maximum Gasteiger partial charge on any atom is 0.224 e. The number of amides is 1. The Labute approximate surface area is 139 Å². The molecule has 0 unspecified atom stereocenters. The molecule has 23 heavy (non-hydrogen) atoms. The van der Waals surface area contributed by atoms with Crippen molar-refractivity contribution in [2.45, 2.75) is 32.2 Å². The standard InChI is InChI=1S/C18H28N2O3/c1-5-15(13-8-9-16(22-3)17(11-13)23-4)19-18(21)14-7-6-10-20(2)12-14/h8-9,11,14-15H,5-7,10,12H2,1-4H3,(H,19,21)/t14-,15-/m1/s1. The maximum absolute atomic E-state index is 12.6. The Morgan fingerprint density at radius 1 is 1.35 bits per heavy atom. The van der Waals surface area contributed by atoms with E-state index in [0.717, 1.165) is 37.9 Å². The fraction of sp³-hybridized carbons (Fsp3) is 0.611. The number of rotatable bonds is 6. The summed E-state index contributed by atoms with van der Waals surface area (Å²) in [5.41, 5.74) is 1.04. The fourth-order valence-corrected chi connectivity index (χ4v) is 3.16. The van der Waals surface area contributed by atoms with E-state index in [1.807, 2.05) is 18.2 Å². The third-order valence-corrected chi connectivity index (χ3v) is 4.53. The van der Waals surface area contributed by atoms with Gasteiger partial charge in [-0.2, -0.15) is 0 Å². The van der Waals surface area contributed by atoms with Gasteiger partial charge in [0, 0.05) is 6.54 Å². The summed E-state index contributed by atoms with van der Waals surface area (Å²) < 4.78 is 10.6. The molecule has 0 bridgehead atoms.